The van der Waals surface area contributed by atoms with Gasteiger partial charge in [0.05, 0.1) is 11.7 Å². The van der Waals surface area contributed by atoms with Crippen LogP contribution in [0.4, 0.5) is 4.79 Å². The highest BCUT2D eigenvalue weighted by atomic mass is 16.4. The van der Waals surface area contributed by atoms with Crippen LogP contribution in [0.25, 0.3) is 0 Å². The van der Waals surface area contributed by atoms with Gasteiger partial charge in [-0.2, -0.15) is 0 Å². The maximum Gasteiger partial charge on any atom is 0.328 e. The summed E-state index contributed by atoms with van der Waals surface area (Å²) in [6.45, 7) is 3.74. The van der Waals surface area contributed by atoms with Crippen molar-refractivity contribution < 1.29 is 24.9 Å². The monoisotopic (exact) mass is 260 g/mol. The van der Waals surface area contributed by atoms with Crippen molar-refractivity contribution in [3.63, 3.8) is 0 Å². The lowest BCUT2D eigenvalue weighted by molar-refractivity contribution is -0.141. The number of hydrogen-bond donors (Lipinski definition) is 4. The van der Waals surface area contributed by atoms with Crippen LogP contribution in [0.15, 0.2) is 0 Å². The van der Waals surface area contributed by atoms with Gasteiger partial charge in [0, 0.05) is 13.1 Å². The molecule has 0 radical (unpaired) electrons. The van der Waals surface area contributed by atoms with Crippen LogP contribution in [0.2, 0.25) is 0 Å². The second-order valence-corrected chi connectivity index (χ2v) is 4.99. The number of rotatable bonds is 3. The molecule has 1 aliphatic heterocycles. The zero-order valence-electron chi connectivity index (χ0n) is 10.6. The molecule has 2 unspecified atom stereocenters. The van der Waals surface area contributed by atoms with Gasteiger partial charge in [-0.1, -0.05) is 0 Å². The standard InChI is InChI=1S/C11H20N2O5/c1-7(14)8(9(15)16)12-10(17)13-5-3-11(2,18)4-6-13/h7-8,14,18H,3-6H2,1-2H3,(H,12,17)(H,15,16). The largest absolute Gasteiger partial charge is 0.480 e. The van der Waals surface area contributed by atoms with Gasteiger partial charge in [-0.3, -0.25) is 0 Å². The first-order chi connectivity index (χ1) is 8.23. The van der Waals surface area contributed by atoms with Crippen LogP contribution in [0.5, 0.6) is 0 Å². The maximum absolute atomic E-state index is 11.8. The number of urea groups is 1. The Bertz CT molecular complexity index is 319. The Morgan fingerprint density at radius 3 is 2.22 bits per heavy atom. The molecule has 1 fully saturated rings. The van der Waals surface area contributed by atoms with Crippen LogP contribution in [-0.4, -0.2) is 63.1 Å². The van der Waals surface area contributed by atoms with Gasteiger partial charge in [0.25, 0.3) is 0 Å². The number of carboxylic acid groups (broad SMARTS) is 1. The van der Waals surface area contributed by atoms with Gasteiger partial charge in [-0.25, -0.2) is 9.59 Å². The fraction of sp³-hybridized carbons (Fsp3) is 0.818. The number of aliphatic hydroxyl groups is 2. The van der Waals surface area contributed by atoms with E-state index in [1.54, 1.807) is 6.92 Å². The van der Waals surface area contributed by atoms with Crippen LogP contribution in [0, 0.1) is 0 Å². The molecule has 0 aromatic heterocycles. The van der Waals surface area contributed by atoms with E-state index in [-0.39, 0.29) is 0 Å². The summed E-state index contributed by atoms with van der Waals surface area (Å²) in [7, 11) is 0. The zero-order chi connectivity index (χ0) is 13.9. The van der Waals surface area contributed by atoms with E-state index < -0.39 is 29.7 Å². The molecule has 1 saturated heterocycles. The van der Waals surface area contributed by atoms with Crippen molar-refractivity contribution in [3.05, 3.63) is 0 Å². The lowest BCUT2D eigenvalue weighted by Crippen LogP contribution is -2.55. The third kappa shape index (κ3) is 3.85. The van der Waals surface area contributed by atoms with E-state index in [2.05, 4.69) is 5.32 Å². The van der Waals surface area contributed by atoms with Crippen molar-refractivity contribution in [2.24, 2.45) is 0 Å². The third-order valence-electron chi connectivity index (χ3n) is 3.16. The summed E-state index contributed by atoms with van der Waals surface area (Å²) in [5, 5.41) is 30.1. The molecule has 1 aliphatic rings. The second-order valence-electron chi connectivity index (χ2n) is 4.99. The number of carbonyl (C=O) groups excluding carboxylic acids is 1. The molecule has 1 rings (SSSR count). The molecule has 1 heterocycles. The molecule has 7 heteroatoms. The fourth-order valence-corrected chi connectivity index (χ4v) is 1.80. The van der Waals surface area contributed by atoms with E-state index in [0.717, 1.165) is 0 Å². The van der Waals surface area contributed by atoms with Crippen LogP contribution in [-0.2, 0) is 4.79 Å². The molecule has 2 atom stereocenters. The van der Waals surface area contributed by atoms with Crippen LogP contribution < -0.4 is 5.32 Å². The third-order valence-corrected chi connectivity index (χ3v) is 3.16. The van der Waals surface area contributed by atoms with E-state index >= 15 is 0 Å². The average Bonchev–Trinajstić information content (AvgIpc) is 2.24. The van der Waals surface area contributed by atoms with Crippen molar-refractivity contribution in [1.82, 2.24) is 10.2 Å². The summed E-state index contributed by atoms with van der Waals surface area (Å²) in [5.74, 6) is -1.28. The Balaban J connectivity index is 2.53. The molecular formula is C11H20N2O5. The van der Waals surface area contributed by atoms with Gasteiger partial charge in [0.15, 0.2) is 6.04 Å². The summed E-state index contributed by atoms with van der Waals surface area (Å²) in [6.07, 6.45) is -0.265. The SMILES string of the molecule is CC(O)C(NC(=O)N1CCC(C)(O)CC1)C(=O)O. The number of hydrogen-bond acceptors (Lipinski definition) is 4. The zero-order valence-corrected chi connectivity index (χ0v) is 10.6. The summed E-state index contributed by atoms with van der Waals surface area (Å²) in [5.41, 5.74) is -0.771. The van der Waals surface area contributed by atoms with Crippen LogP contribution >= 0.6 is 0 Å². The van der Waals surface area contributed by atoms with Crippen LogP contribution in [0.3, 0.4) is 0 Å². The number of amides is 2. The number of aliphatic carboxylic acids is 1. The lowest BCUT2D eigenvalue weighted by Gasteiger charge is -2.36. The first-order valence-corrected chi connectivity index (χ1v) is 5.91. The quantitative estimate of drug-likeness (QED) is 0.540. The maximum atomic E-state index is 11.8. The Morgan fingerprint density at radius 2 is 1.83 bits per heavy atom. The van der Waals surface area contributed by atoms with Crippen molar-refractivity contribution in [1.29, 1.82) is 0 Å². The van der Waals surface area contributed by atoms with Gasteiger partial charge in [-0.15, -0.1) is 0 Å². The van der Waals surface area contributed by atoms with Gasteiger partial charge < -0.3 is 25.5 Å². The Labute approximate surface area is 105 Å². The molecule has 0 aromatic rings. The molecule has 0 aromatic carbocycles. The van der Waals surface area contributed by atoms with E-state index in [9.17, 15) is 19.8 Å². The fourth-order valence-electron chi connectivity index (χ4n) is 1.80. The number of likely N-dealkylation sites (tertiary alicyclic amines) is 1. The van der Waals surface area contributed by atoms with Crippen molar-refractivity contribution in [3.8, 4) is 0 Å². The summed E-state index contributed by atoms with van der Waals surface area (Å²) in [4.78, 5) is 24.1. The van der Waals surface area contributed by atoms with Crippen LogP contribution in [0.1, 0.15) is 26.7 Å². The minimum Gasteiger partial charge on any atom is -0.480 e. The molecule has 0 aliphatic carbocycles. The normalized spacial score (nSPS) is 22.1. The molecule has 4 N–H and O–H groups in total. The summed E-state index contributed by atoms with van der Waals surface area (Å²) in [6, 6.07) is -1.85. The van der Waals surface area contributed by atoms with Gasteiger partial charge in [-0.05, 0) is 26.7 Å². The highest BCUT2D eigenvalue weighted by molar-refractivity contribution is 5.83. The van der Waals surface area contributed by atoms with E-state index in [0.29, 0.717) is 25.9 Å². The Morgan fingerprint density at radius 1 is 1.33 bits per heavy atom. The highest BCUT2D eigenvalue weighted by Crippen LogP contribution is 2.21. The number of nitrogens with zero attached hydrogens (tertiary/aromatic N) is 1. The number of carbonyl (C=O) groups is 2. The molecule has 0 saturated carbocycles. The number of piperidine rings is 1. The topological polar surface area (TPSA) is 110 Å². The first-order valence-electron chi connectivity index (χ1n) is 5.91. The number of carboxylic acids is 1. The molecule has 104 valence electrons. The number of nitrogens with one attached hydrogen (secondary N) is 1. The van der Waals surface area contributed by atoms with Crippen molar-refractivity contribution >= 4 is 12.0 Å². The van der Waals surface area contributed by atoms with E-state index in [1.165, 1.54) is 11.8 Å². The predicted octanol–water partition coefficient (Wildman–Crippen LogP) is -0.623. The minimum absolute atomic E-state index is 0.366. The molecule has 18 heavy (non-hydrogen) atoms. The van der Waals surface area contributed by atoms with Gasteiger partial charge >= 0.3 is 12.0 Å². The van der Waals surface area contributed by atoms with Crippen molar-refractivity contribution in [2.45, 2.75) is 44.4 Å². The lowest BCUT2D eigenvalue weighted by atomic mass is 9.94. The predicted molar refractivity (Wildman–Crippen MR) is 63.1 cm³/mol. The Kier molecular flexibility index (Phi) is 4.53. The molecule has 7 nitrogen and oxygen atoms in total. The van der Waals surface area contributed by atoms with E-state index in [1.807, 2.05) is 0 Å². The molecule has 0 spiro atoms. The second kappa shape index (κ2) is 5.53. The van der Waals surface area contributed by atoms with Gasteiger partial charge in [0.2, 0.25) is 0 Å². The van der Waals surface area contributed by atoms with Crippen molar-refractivity contribution in [2.75, 3.05) is 13.1 Å². The smallest absolute Gasteiger partial charge is 0.328 e. The number of aliphatic hydroxyl groups excluding tert-OH is 1. The Hall–Kier alpha value is -1.34. The average molecular weight is 260 g/mol. The summed E-state index contributed by atoms with van der Waals surface area (Å²) >= 11 is 0. The first kappa shape index (κ1) is 14.7. The molecule has 0 bridgehead atoms. The molecule has 2 amide bonds. The summed E-state index contributed by atoms with van der Waals surface area (Å²) < 4.78 is 0. The van der Waals surface area contributed by atoms with Gasteiger partial charge in [0.1, 0.15) is 0 Å². The minimum atomic E-state index is -1.32. The molecular weight excluding hydrogens is 240 g/mol. The highest BCUT2D eigenvalue weighted by Gasteiger charge is 2.32. The van der Waals surface area contributed by atoms with E-state index in [4.69, 9.17) is 5.11 Å².